The predicted molar refractivity (Wildman–Crippen MR) is 117 cm³/mol. The third-order valence-corrected chi connectivity index (χ3v) is 6.84. The second kappa shape index (κ2) is 8.92. The van der Waals surface area contributed by atoms with Crippen LogP contribution in [-0.2, 0) is 4.79 Å². The molecule has 2 aromatic rings. The minimum absolute atomic E-state index is 0.195. The quantitative estimate of drug-likeness (QED) is 0.660. The molecule has 0 aliphatic heterocycles. The second-order valence-electron chi connectivity index (χ2n) is 7.85. The van der Waals surface area contributed by atoms with E-state index in [1.165, 1.54) is 37.7 Å². The van der Waals surface area contributed by atoms with Gasteiger partial charge in [0.05, 0.1) is 14.2 Å². The molecule has 2 aliphatic rings. The average Bonchev–Trinajstić information content (AvgIpc) is 3.51. The number of nitrogens with one attached hydrogen (secondary N) is 2. The molecule has 1 aromatic carbocycles. The number of rotatable bonds is 7. The van der Waals surface area contributed by atoms with Crippen LogP contribution in [0.2, 0.25) is 0 Å². The summed E-state index contributed by atoms with van der Waals surface area (Å²) in [5.41, 5.74) is 0.637. The van der Waals surface area contributed by atoms with Gasteiger partial charge in [-0.3, -0.25) is 9.59 Å². The summed E-state index contributed by atoms with van der Waals surface area (Å²) >= 11 is 1.51. The SMILES string of the molecule is COc1ccc(C(=O)N/C(=C\c2cccs2)C(=O)NC2CC3CCC2C3)cc1OC. The topological polar surface area (TPSA) is 76.7 Å². The molecule has 3 unspecified atom stereocenters. The Morgan fingerprint density at radius 1 is 1.10 bits per heavy atom. The van der Waals surface area contributed by atoms with Crippen molar-refractivity contribution >= 4 is 29.2 Å². The zero-order valence-corrected chi connectivity index (χ0v) is 18.0. The fraction of sp³-hybridized carbons (Fsp3) is 0.391. The molecule has 7 heteroatoms. The fourth-order valence-corrected chi connectivity index (χ4v) is 5.17. The van der Waals surface area contributed by atoms with Crippen LogP contribution in [-0.4, -0.2) is 32.1 Å². The Labute approximate surface area is 180 Å². The van der Waals surface area contributed by atoms with Gasteiger partial charge >= 0.3 is 0 Å². The van der Waals surface area contributed by atoms with Gasteiger partial charge in [-0.2, -0.15) is 0 Å². The van der Waals surface area contributed by atoms with Gasteiger partial charge < -0.3 is 20.1 Å². The Morgan fingerprint density at radius 3 is 2.57 bits per heavy atom. The largest absolute Gasteiger partial charge is 0.493 e. The molecule has 2 amide bonds. The van der Waals surface area contributed by atoms with E-state index in [4.69, 9.17) is 9.47 Å². The Kier molecular flexibility index (Phi) is 6.08. The molecule has 2 fully saturated rings. The lowest BCUT2D eigenvalue weighted by atomic mass is 9.95. The molecule has 1 heterocycles. The Morgan fingerprint density at radius 2 is 1.93 bits per heavy atom. The molecule has 1 aromatic heterocycles. The standard InChI is InChI=1S/C23H26N2O4S/c1-28-20-8-7-16(12-21(20)29-2)22(26)25-19(13-17-4-3-9-30-17)23(27)24-18-11-14-5-6-15(18)10-14/h3-4,7-9,12-15,18H,5-6,10-11H2,1-2H3,(H,24,27)(H,25,26)/b19-13-. The van der Waals surface area contributed by atoms with Crippen LogP contribution in [0.3, 0.4) is 0 Å². The Bertz CT molecular complexity index is 954. The number of ether oxygens (including phenoxy) is 2. The van der Waals surface area contributed by atoms with E-state index in [1.54, 1.807) is 31.4 Å². The highest BCUT2D eigenvalue weighted by Gasteiger charge is 2.40. The van der Waals surface area contributed by atoms with Crippen LogP contribution in [0.1, 0.15) is 40.9 Å². The number of carbonyl (C=O) groups excluding carboxylic acids is 2. The van der Waals surface area contributed by atoms with Crippen molar-refractivity contribution < 1.29 is 19.1 Å². The van der Waals surface area contributed by atoms with Crippen molar-refractivity contribution in [1.82, 2.24) is 10.6 Å². The van der Waals surface area contributed by atoms with Crippen LogP contribution in [0, 0.1) is 11.8 Å². The third kappa shape index (κ3) is 4.36. The van der Waals surface area contributed by atoms with E-state index in [0.29, 0.717) is 23.0 Å². The van der Waals surface area contributed by atoms with Gasteiger partial charge in [-0.1, -0.05) is 12.5 Å². The monoisotopic (exact) mass is 426 g/mol. The van der Waals surface area contributed by atoms with Gasteiger partial charge in [-0.25, -0.2) is 0 Å². The number of benzene rings is 1. The highest BCUT2D eigenvalue weighted by Crippen LogP contribution is 2.44. The molecule has 158 valence electrons. The number of fused-ring (bicyclic) bond motifs is 2. The molecule has 3 atom stereocenters. The van der Waals surface area contributed by atoms with Gasteiger partial charge in [0, 0.05) is 16.5 Å². The second-order valence-corrected chi connectivity index (χ2v) is 8.83. The lowest BCUT2D eigenvalue weighted by Gasteiger charge is -2.23. The molecular weight excluding hydrogens is 400 g/mol. The molecule has 0 radical (unpaired) electrons. The number of carbonyl (C=O) groups is 2. The van der Waals surface area contributed by atoms with Crippen molar-refractivity contribution in [3.63, 3.8) is 0 Å². The maximum absolute atomic E-state index is 13.1. The average molecular weight is 427 g/mol. The van der Waals surface area contributed by atoms with E-state index in [0.717, 1.165) is 17.2 Å². The van der Waals surface area contributed by atoms with Crippen LogP contribution in [0.5, 0.6) is 11.5 Å². The van der Waals surface area contributed by atoms with Crippen molar-refractivity contribution in [2.24, 2.45) is 11.8 Å². The summed E-state index contributed by atoms with van der Waals surface area (Å²) in [4.78, 5) is 26.9. The lowest BCUT2D eigenvalue weighted by molar-refractivity contribution is -0.118. The minimum atomic E-state index is -0.373. The molecule has 4 rings (SSSR count). The molecule has 0 spiro atoms. The number of methoxy groups -OCH3 is 2. The first-order valence-electron chi connectivity index (χ1n) is 10.2. The number of hydrogen-bond acceptors (Lipinski definition) is 5. The van der Waals surface area contributed by atoms with Crippen molar-refractivity contribution in [3.05, 3.63) is 51.8 Å². The lowest BCUT2D eigenvalue weighted by Crippen LogP contribution is -2.42. The van der Waals surface area contributed by atoms with Crippen LogP contribution in [0.25, 0.3) is 6.08 Å². The summed E-state index contributed by atoms with van der Waals surface area (Å²) in [5.74, 6) is 1.67. The highest BCUT2D eigenvalue weighted by atomic mass is 32.1. The van der Waals surface area contributed by atoms with Crippen LogP contribution in [0.15, 0.2) is 41.4 Å². The normalized spacial score (nSPS) is 22.6. The van der Waals surface area contributed by atoms with Crippen molar-refractivity contribution in [2.75, 3.05) is 14.2 Å². The Balaban J connectivity index is 1.53. The predicted octanol–water partition coefficient (Wildman–Crippen LogP) is 3.84. The number of hydrogen-bond donors (Lipinski definition) is 2. The Hall–Kier alpha value is -2.80. The molecule has 30 heavy (non-hydrogen) atoms. The van der Waals surface area contributed by atoms with Crippen LogP contribution in [0.4, 0.5) is 0 Å². The van der Waals surface area contributed by atoms with E-state index in [2.05, 4.69) is 10.6 Å². The molecule has 2 bridgehead atoms. The maximum Gasteiger partial charge on any atom is 0.268 e. The number of thiophene rings is 1. The third-order valence-electron chi connectivity index (χ3n) is 6.02. The highest BCUT2D eigenvalue weighted by molar-refractivity contribution is 7.10. The first kappa shape index (κ1) is 20.5. The summed E-state index contributed by atoms with van der Waals surface area (Å²) in [7, 11) is 3.06. The van der Waals surface area contributed by atoms with E-state index >= 15 is 0 Å². The molecular formula is C23H26N2O4S. The number of amides is 2. The van der Waals surface area contributed by atoms with Crippen LogP contribution < -0.4 is 20.1 Å². The summed E-state index contributed by atoms with van der Waals surface area (Å²) < 4.78 is 10.5. The van der Waals surface area contributed by atoms with Gasteiger partial charge in [0.2, 0.25) is 0 Å². The van der Waals surface area contributed by atoms with Crippen molar-refractivity contribution in [1.29, 1.82) is 0 Å². The maximum atomic E-state index is 13.1. The summed E-state index contributed by atoms with van der Waals surface area (Å²) in [6.45, 7) is 0. The van der Waals surface area contributed by atoms with E-state index < -0.39 is 0 Å². The molecule has 2 aliphatic carbocycles. The fourth-order valence-electron chi connectivity index (χ4n) is 4.51. The summed E-state index contributed by atoms with van der Waals surface area (Å²) in [5, 5.41) is 7.89. The molecule has 2 N–H and O–H groups in total. The van der Waals surface area contributed by atoms with Gasteiger partial charge in [0.1, 0.15) is 5.70 Å². The van der Waals surface area contributed by atoms with Gasteiger partial charge in [0.15, 0.2) is 11.5 Å². The smallest absolute Gasteiger partial charge is 0.268 e. The summed E-state index contributed by atoms with van der Waals surface area (Å²) in [6.07, 6.45) is 6.41. The van der Waals surface area contributed by atoms with Gasteiger partial charge in [0.25, 0.3) is 11.8 Å². The van der Waals surface area contributed by atoms with Crippen LogP contribution >= 0.6 is 11.3 Å². The van der Waals surface area contributed by atoms with E-state index in [1.807, 2.05) is 17.5 Å². The van der Waals surface area contributed by atoms with E-state index in [9.17, 15) is 9.59 Å². The first-order chi connectivity index (χ1) is 14.6. The molecule has 0 saturated heterocycles. The van der Waals surface area contributed by atoms with E-state index in [-0.39, 0.29) is 23.6 Å². The molecule has 2 saturated carbocycles. The zero-order valence-electron chi connectivity index (χ0n) is 17.1. The molecule has 6 nitrogen and oxygen atoms in total. The van der Waals surface area contributed by atoms with Crippen molar-refractivity contribution in [3.8, 4) is 11.5 Å². The first-order valence-corrected chi connectivity index (χ1v) is 11.0. The van der Waals surface area contributed by atoms with Crippen molar-refractivity contribution in [2.45, 2.75) is 31.7 Å². The van der Waals surface area contributed by atoms with Gasteiger partial charge in [-0.05, 0) is 66.8 Å². The zero-order chi connectivity index (χ0) is 21.1. The minimum Gasteiger partial charge on any atom is -0.493 e. The van der Waals surface area contributed by atoms with Gasteiger partial charge in [-0.15, -0.1) is 11.3 Å². The summed E-state index contributed by atoms with van der Waals surface area (Å²) in [6, 6.07) is 8.95.